The Morgan fingerprint density at radius 3 is 1.83 bits per heavy atom. The molecule has 0 atom stereocenters. The van der Waals surface area contributed by atoms with Crippen molar-refractivity contribution in [2.45, 2.75) is 40.5 Å². The van der Waals surface area contributed by atoms with Crippen molar-refractivity contribution in [1.82, 2.24) is 0 Å². The van der Waals surface area contributed by atoms with E-state index in [4.69, 9.17) is 0 Å². The van der Waals surface area contributed by atoms with Crippen molar-refractivity contribution in [3.05, 3.63) is 47.6 Å². The van der Waals surface area contributed by atoms with Crippen LogP contribution in [0, 0.1) is 12.2 Å². The van der Waals surface area contributed by atoms with Crippen LogP contribution in [0.15, 0.2) is 35.5 Å². The van der Waals surface area contributed by atoms with E-state index in [1.807, 2.05) is 12.2 Å². The second-order valence-corrected chi connectivity index (χ2v) is 5.55. The molecule has 0 saturated heterocycles. The molecule has 0 fully saturated rings. The molecule has 2 aliphatic carbocycles. The van der Waals surface area contributed by atoms with Gasteiger partial charge in [0.1, 0.15) is 0 Å². The van der Waals surface area contributed by atoms with Crippen molar-refractivity contribution in [3.8, 4) is 0 Å². The van der Waals surface area contributed by atoms with Gasteiger partial charge in [-0.3, -0.25) is 12.2 Å². The number of hydrogen-bond acceptors (Lipinski definition) is 0. The molecule has 0 nitrogen and oxygen atoms in total. The average Bonchev–Trinajstić information content (AvgIpc) is 2.81. The molecular weight excluding hydrogens is 299 g/mol. The Morgan fingerprint density at radius 1 is 1.17 bits per heavy atom. The number of allylic oxidation sites excluding steroid dienone is 8. The van der Waals surface area contributed by atoms with E-state index >= 15 is 0 Å². The number of rotatable bonds is 0. The standard InChI is InChI=1S/C7H9.C5H5.C3H6.2ClH.Ti/c1-6-4-3-5-7(6)2;1-2-4-5-3-1;1-3-2;;;/h4H,5H2,1-2H3;1-3H,4H2;1-2H3;2*1H;/q2*-1;;;;+2. The van der Waals surface area contributed by atoms with Gasteiger partial charge in [0.2, 0.25) is 0 Å². The molecule has 0 unspecified atom stereocenters. The van der Waals surface area contributed by atoms with Crippen molar-refractivity contribution < 1.29 is 20.0 Å². The van der Waals surface area contributed by atoms with Gasteiger partial charge in [-0.25, -0.2) is 23.8 Å². The van der Waals surface area contributed by atoms with Crippen LogP contribution >= 0.6 is 24.8 Å². The Morgan fingerprint density at radius 2 is 1.72 bits per heavy atom. The fourth-order valence-electron chi connectivity index (χ4n) is 0.960. The molecule has 18 heavy (non-hydrogen) atoms. The smallest absolute Gasteiger partial charge is 0.109 e. The Labute approximate surface area is 136 Å². The molecule has 0 aromatic carbocycles. The zero-order valence-corrected chi connectivity index (χ0v) is 14.7. The van der Waals surface area contributed by atoms with Gasteiger partial charge in [-0.2, -0.15) is 11.6 Å². The summed E-state index contributed by atoms with van der Waals surface area (Å²) < 4.78 is 1.42. The molecule has 2 rings (SSSR count). The molecule has 0 amide bonds. The fourth-order valence-corrected chi connectivity index (χ4v) is 0.960. The summed E-state index contributed by atoms with van der Waals surface area (Å²) in [5, 5.41) is 0. The minimum Gasteiger partial charge on any atom is -0.273 e. The van der Waals surface area contributed by atoms with Crippen LogP contribution in [-0.4, -0.2) is 3.81 Å². The topological polar surface area (TPSA) is 0 Å². The number of hydrogen-bond donors (Lipinski definition) is 0. The van der Waals surface area contributed by atoms with Gasteiger partial charge in [-0.1, -0.05) is 6.92 Å². The van der Waals surface area contributed by atoms with Crippen molar-refractivity contribution in [3.63, 3.8) is 0 Å². The summed E-state index contributed by atoms with van der Waals surface area (Å²) in [4.78, 5) is 0. The van der Waals surface area contributed by atoms with Crippen LogP contribution < -0.4 is 0 Å². The van der Waals surface area contributed by atoms with Gasteiger partial charge < -0.3 is 0 Å². The molecule has 0 heterocycles. The molecule has 0 spiro atoms. The summed E-state index contributed by atoms with van der Waals surface area (Å²) in [6.07, 6.45) is 16.2. The summed E-state index contributed by atoms with van der Waals surface area (Å²) in [5.41, 5.74) is 2.85. The second-order valence-electron chi connectivity index (χ2n) is 3.99. The van der Waals surface area contributed by atoms with Gasteiger partial charge >= 0.3 is 37.6 Å². The fraction of sp³-hybridized carbons (Fsp3) is 0.400. The molecule has 0 aromatic rings. The van der Waals surface area contributed by atoms with Gasteiger partial charge in [0.05, 0.1) is 0 Å². The van der Waals surface area contributed by atoms with Crippen LogP contribution in [-0.2, 0) is 20.0 Å². The first-order chi connectivity index (χ1) is 7.54. The van der Waals surface area contributed by atoms with Crippen LogP contribution in [0.2, 0.25) is 0 Å². The van der Waals surface area contributed by atoms with E-state index in [1.165, 1.54) is 15.0 Å². The Kier molecular flexibility index (Phi) is 19.6. The predicted molar refractivity (Wildman–Crippen MR) is 83.2 cm³/mol. The van der Waals surface area contributed by atoms with E-state index in [2.05, 4.69) is 72.0 Å². The first-order valence-electron chi connectivity index (χ1n) is 5.50. The molecule has 3 heteroatoms. The average molecular weight is 321 g/mol. The third kappa shape index (κ3) is 16.1. The Bertz CT molecular complexity index is 322. The molecule has 2 aliphatic rings. The molecular formula is C15H22Cl2Ti. The van der Waals surface area contributed by atoms with Gasteiger partial charge in [-0.15, -0.1) is 44.6 Å². The predicted octanol–water partition coefficient (Wildman–Crippen LogP) is 4.98. The van der Waals surface area contributed by atoms with Crippen molar-refractivity contribution in [2.24, 2.45) is 0 Å². The summed E-state index contributed by atoms with van der Waals surface area (Å²) in [5.74, 6) is 0. The first-order valence-corrected chi connectivity index (χ1v) is 6.28. The van der Waals surface area contributed by atoms with Gasteiger partial charge in [0, 0.05) is 0 Å². The van der Waals surface area contributed by atoms with Crippen molar-refractivity contribution in [1.29, 1.82) is 0 Å². The largest absolute Gasteiger partial charge is 0.273 e. The van der Waals surface area contributed by atoms with Gasteiger partial charge in [-0.05, 0) is 0 Å². The summed E-state index contributed by atoms with van der Waals surface area (Å²) in [6, 6.07) is 0. The third-order valence-corrected chi connectivity index (χ3v) is 1.94. The second kappa shape index (κ2) is 15.2. The third-order valence-electron chi connectivity index (χ3n) is 1.94. The van der Waals surface area contributed by atoms with Crippen LogP contribution in [0.4, 0.5) is 0 Å². The van der Waals surface area contributed by atoms with E-state index < -0.39 is 0 Å². The molecule has 0 aromatic heterocycles. The maximum Gasteiger partial charge on any atom is -0.109 e. The molecule has 100 valence electrons. The van der Waals surface area contributed by atoms with E-state index in [-0.39, 0.29) is 24.8 Å². The van der Waals surface area contributed by atoms with Gasteiger partial charge in [0.15, 0.2) is 0 Å². The summed E-state index contributed by atoms with van der Waals surface area (Å²) in [6.45, 7) is 8.43. The molecule has 0 aliphatic heterocycles. The van der Waals surface area contributed by atoms with Crippen LogP contribution in [0.5, 0.6) is 0 Å². The Balaban J connectivity index is -0.000000185. The minimum absolute atomic E-state index is 0. The molecule has 0 saturated carbocycles. The van der Waals surface area contributed by atoms with Crippen molar-refractivity contribution >= 4 is 28.6 Å². The normalized spacial score (nSPS) is 13.9. The van der Waals surface area contributed by atoms with E-state index in [0.717, 1.165) is 12.8 Å². The maximum absolute atomic E-state index is 3.12. The maximum atomic E-state index is 3.12. The zero-order valence-electron chi connectivity index (χ0n) is 11.5. The minimum atomic E-state index is 0. The Hall–Kier alpha value is 0.124. The molecule has 0 radical (unpaired) electrons. The SMILES string of the molecule is CC1=C(C)C[C-]=C1.C[C](C)=[Ti+2].Cl.Cl.[C-]1=CC=CC1. The van der Waals surface area contributed by atoms with Crippen LogP contribution in [0.1, 0.15) is 40.5 Å². The quantitative estimate of drug-likeness (QED) is 0.436. The van der Waals surface area contributed by atoms with Crippen molar-refractivity contribution in [2.75, 3.05) is 0 Å². The number of halogens is 2. The summed E-state index contributed by atoms with van der Waals surface area (Å²) in [7, 11) is 0. The van der Waals surface area contributed by atoms with E-state index in [9.17, 15) is 0 Å². The van der Waals surface area contributed by atoms with Crippen LogP contribution in [0.25, 0.3) is 0 Å². The van der Waals surface area contributed by atoms with E-state index in [0.29, 0.717) is 0 Å². The van der Waals surface area contributed by atoms with Crippen LogP contribution in [0.3, 0.4) is 0 Å². The summed E-state index contributed by atoms with van der Waals surface area (Å²) >= 11 is 2.08. The zero-order chi connectivity index (χ0) is 12.4. The first kappa shape index (κ1) is 23.2. The van der Waals surface area contributed by atoms with E-state index in [1.54, 1.807) is 0 Å². The van der Waals surface area contributed by atoms with Gasteiger partial charge in [0.25, 0.3) is 0 Å². The monoisotopic (exact) mass is 320 g/mol. The molecule has 0 N–H and O–H groups in total. The molecule has 0 bridgehead atoms.